The molecule has 11 nitrogen and oxygen atoms in total. The molecule has 4 aromatic rings. The summed E-state index contributed by atoms with van der Waals surface area (Å²) in [6, 6.07) is 33.4. The van der Waals surface area contributed by atoms with Gasteiger partial charge in [-0.25, -0.2) is 4.79 Å². The number of fused-ring (bicyclic) bond motifs is 2. The molecule has 1 fully saturated rings. The highest BCUT2D eigenvalue weighted by Gasteiger charge is 2.65. The van der Waals surface area contributed by atoms with Gasteiger partial charge in [-0.1, -0.05) is 103 Å². The van der Waals surface area contributed by atoms with Crippen LogP contribution in [0.1, 0.15) is 82.8 Å². The standard InChI is InChI=1S/C54H66N2O9/c1-6-31-62-54-49(56(5)52(59)61-33-32-60-37-38-17-9-7-10-18-38)36-47(55-65-53(2,3)4)45-34-41(21-13-15-29-57)44(22-14-16-30-58)50(51(45)54)46-35-43(27-28-48(46)64-54)63-42-25-23-40(24-26-42)39-19-11-8-12-20-39/h6-12,17-20,23-28,34-35,41,44,49-51,57-58H,1,13-16,21-22,29-33,36-37H2,2-5H3. The molecule has 0 saturated heterocycles. The van der Waals surface area contributed by atoms with Gasteiger partial charge in [0.2, 0.25) is 5.79 Å². The molecular formula is C54H66N2O9. The van der Waals surface area contributed by atoms with Crippen molar-refractivity contribution >= 4 is 11.8 Å². The van der Waals surface area contributed by atoms with Crippen LogP contribution >= 0.6 is 0 Å². The second kappa shape index (κ2) is 22.2. The summed E-state index contributed by atoms with van der Waals surface area (Å²) in [7, 11) is 1.72. The SMILES string of the molecule is C=CCOC12Oc3ccc(Oc4ccc(-c5ccccc5)cc4)cc3C3C(CCCCO)C(CCCCO)C=C(C(=NOC(C)(C)C)CC1N(C)C(=O)OCCOCc1ccccc1)C32. The van der Waals surface area contributed by atoms with E-state index in [4.69, 9.17) is 33.7 Å². The van der Waals surface area contributed by atoms with Crippen LogP contribution < -0.4 is 9.47 Å². The Morgan fingerprint density at radius 1 is 0.877 bits per heavy atom. The van der Waals surface area contributed by atoms with Crippen LogP contribution in [0.25, 0.3) is 11.1 Å². The minimum absolute atomic E-state index is 0.0540. The largest absolute Gasteiger partial charge is 0.459 e. The van der Waals surface area contributed by atoms with E-state index in [1.807, 2.05) is 93.6 Å². The molecule has 1 aliphatic heterocycles. The monoisotopic (exact) mass is 886 g/mol. The van der Waals surface area contributed by atoms with Crippen molar-refractivity contribution in [2.75, 3.05) is 40.1 Å². The van der Waals surface area contributed by atoms with Crippen LogP contribution in [0.2, 0.25) is 0 Å². The summed E-state index contributed by atoms with van der Waals surface area (Å²) < 4.78 is 32.7. The number of carbonyl (C=O) groups excluding carboxylic acids is 1. The minimum Gasteiger partial charge on any atom is -0.459 e. The number of likely N-dealkylation sites (N-methyl/N-ethyl adjacent to an activating group) is 1. The van der Waals surface area contributed by atoms with Gasteiger partial charge < -0.3 is 43.6 Å². The van der Waals surface area contributed by atoms with Crippen molar-refractivity contribution in [3.05, 3.63) is 139 Å². The summed E-state index contributed by atoms with van der Waals surface area (Å²) in [6.07, 6.45) is 8.39. The highest BCUT2D eigenvalue weighted by molar-refractivity contribution is 6.03. The number of aliphatic hydroxyl groups excluding tert-OH is 2. The fourth-order valence-corrected chi connectivity index (χ4v) is 9.65. The quantitative estimate of drug-likeness (QED) is 0.0477. The molecule has 1 saturated carbocycles. The molecule has 6 atom stereocenters. The zero-order valence-electron chi connectivity index (χ0n) is 38.4. The molecule has 2 N–H and O–H groups in total. The van der Waals surface area contributed by atoms with Crippen LogP contribution in [-0.4, -0.2) is 84.4 Å². The first-order valence-electron chi connectivity index (χ1n) is 23.2. The van der Waals surface area contributed by atoms with E-state index >= 15 is 0 Å². The van der Waals surface area contributed by atoms with Crippen molar-refractivity contribution in [2.24, 2.45) is 22.9 Å². The maximum Gasteiger partial charge on any atom is 0.410 e. The van der Waals surface area contributed by atoms with E-state index < -0.39 is 29.4 Å². The van der Waals surface area contributed by atoms with Gasteiger partial charge in [-0.15, -0.1) is 6.58 Å². The molecule has 0 spiro atoms. The molecule has 7 rings (SSSR count). The highest BCUT2D eigenvalue weighted by Crippen LogP contribution is 2.62. The molecule has 0 aromatic heterocycles. The number of hydrogen-bond donors (Lipinski definition) is 2. The number of amides is 1. The van der Waals surface area contributed by atoms with Gasteiger partial charge in [0.05, 0.1) is 31.5 Å². The zero-order chi connectivity index (χ0) is 45.8. The van der Waals surface area contributed by atoms with Crippen molar-refractivity contribution in [1.82, 2.24) is 4.90 Å². The number of nitrogens with zero attached hydrogens (tertiary/aromatic N) is 2. The summed E-state index contributed by atoms with van der Waals surface area (Å²) in [5, 5.41) is 24.8. The molecule has 0 radical (unpaired) electrons. The van der Waals surface area contributed by atoms with Crippen molar-refractivity contribution in [3.63, 3.8) is 0 Å². The van der Waals surface area contributed by atoms with E-state index in [1.165, 1.54) is 0 Å². The molecule has 4 aromatic carbocycles. The Morgan fingerprint density at radius 3 is 2.25 bits per heavy atom. The summed E-state index contributed by atoms with van der Waals surface area (Å²) >= 11 is 0. The van der Waals surface area contributed by atoms with Crippen LogP contribution in [-0.2, 0) is 25.7 Å². The van der Waals surface area contributed by atoms with Gasteiger partial charge in [0.15, 0.2) is 0 Å². The maximum absolute atomic E-state index is 14.2. The number of carbonyl (C=O) groups is 1. The third-order valence-electron chi connectivity index (χ3n) is 12.6. The molecule has 0 bridgehead atoms. The molecule has 2 aliphatic carbocycles. The normalized spacial score (nSPS) is 22.8. The number of oxime groups is 1. The van der Waals surface area contributed by atoms with Crippen LogP contribution in [0.15, 0.2) is 133 Å². The Morgan fingerprint density at radius 2 is 1.55 bits per heavy atom. The van der Waals surface area contributed by atoms with Gasteiger partial charge >= 0.3 is 6.09 Å². The number of allylic oxidation sites excluding steroid dienone is 1. The second-order valence-corrected chi connectivity index (χ2v) is 18.2. The molecular weight excluding hydrogens is 821 g/mol. The van der Waals surface area contributed by atoms with E-state index in [-0.39, 0.29) is 57.2 Å². The highest BCUT2D eigenvalue weighted by atomic mass is 16.7. The van der Waals surface area contributed by atoms with Gasteiger partial charge in [0, 0.05) is 38.2 Å². The lowest BCUT2D eigenvalue weighted by Gasteiger charge is -2.59. The van der Waals surface area contributed by atoms with E-state index in [0.29, 0.717) is 42.4 Å². The summed E-state index contributed by atoms with van der Waals surface area (Å²) in [5.41, 5.74) is 5.30. The van der Waals surface area contributed by atoms with Gasteiger partial charge in [-0.2, -0.15) is 0 Å². The zero-order valence-corrected chi connectivity index (χ0v) is 38.4. The van der Waals surface area contributed by atoms with E-state index in [0.717, 1.165) is 53.5 Å². The van der Waals surface area contributed by atoms with Gasteiger partial charge in [-0.05, 0) is 111 Å². The number of benzene rings is 4. The fourth-order valence-electron chi connectivity index (χ4n) is 9.65. The van der Waals surface area contributed by atoms with Crippen molar-refractivity contribution in [2.45, 2.75) is 95.7 Å². The lowest BCUT2D eigenvalue weighted by atomic mass is 9.55. The van der Waals surface area contributed by atoms with E-state index in [9.17, 15) is 15.0 Å². The lowest BCUT2D eigenvalue weighted by molar-refractivity contribution is -0.253. The summed E-state index contributed by atoms with van der Waals surface area (Å²) in [4.78, 5) is 22.0. The van der Waals surface area contributed by atoms with Gasteiger partial charge in [0.25, 0.3) is 0 Å². The minimum atomic E-state index is -1.41. The summed E-state index contributed by atoms with van der Waals surface area (Å²) in [6.45, 7) is 10.9. The molecule has 6 unspecified atom stereocenters. The molecule has 11 heteroatoms. The molecule has 65 heavy (non-hydrogen) atoms. The average molecular weight is 887 g/mol. The van der Waals surface area contributed by atoms with Crippen molar-refractivity contribution in [1.29, 1.82) is 0 Å². The first kappa shape index (κ1) is 47.5. The topological polar surface area (TPSA) is 129 Å². The van der Waals surface area contributed by atoms with Crippen LogP contribution in [0.3, 0.4) is 0 Å². The second-order valence-electron chi connectivity index (χ2n) is 18.2. The Labute approximate surface area is 384 Å². The Kier molecular flexibility index (Phi) is 16.2. The van der Waals surface area contributed by atoms with Gasteiger partial charge in [-0.3, -0.25) is 0 Å². The van der Waals surface area contributed by atoms with E-state index in [2.05, 4.69) is 43.0 Å². The smallest absolute Gasteiger partial charge is 0.410 e. The average Bonchev–Trinajstić information content (AvgIpc) is 3.31. The first-order chi connectivity index (χ1) is 31.5. The van der Waals surface area contributed by atoms with Crippen LogP contribution in [0, 0.1) is 17.8 Å². The predicted molar refractivity (Wildman–Crippen MR) is 253 cm³/mol. The molecule has 1 heterocycles. The van der Waals surface area contributed by atoms with Crippen LogP contribution in [0.4, 0.5) is 4.79 Å². The Bertz CT molecular complexity index is 2220. The third kappa shape index (κ3) is 11.5. The van der Waals surface area contributed by atoms with Gasteiger partial charge in [0.1, 0.15) is 35.5 Å². The first-order valence-corrected chi connectivity index (χ1v) is 23.2. The van der Waals surface area contributed by atoms with Crippen LogP contribution in [0.5, 0.6) is 17.2 Å². The number of rotatable bonds is 21. The molecule has 3 aliphatic rings. The van der Waals surface area contributed by atoms with Crippen molar-refractivity contribution in [3.8, 4) is 28.4 Å². The Hall–Kier alpha value is -5.46. The van der Waals surface area contributed by atoms with E-state index in [1.54, 1.807) is 18.0 Å². The molecule has 1 amide bonds. The van der Waals surface area contributed by atoms with Crippen molar-refractivity contribution < 1.29 is 43.5 Å². The fraction of sp³-hybridized carbons (Fsp3) is 0.444. The number of unbranched alkanes of at least 4 members (excludes halogenated alkanes) is 2. The molecule has 346 valence electrons. The Balaban J connectivity index is 1.30. The summed E-state index contributed by atoms with van der Waals surface area (Å²) in [5.74, 6) is 0.0733. The number of hydrogen-bond acceptors (Lipinski definition) is 10. The number of aliphatic hydroxyl groups is 2. The maximum atomic E-state index is 14.2. The number of ether oxygens (including phenoxy) is 5. The third-order valence-corrected chi connectivity index (χ3v) is 12.6. The lowest BCUT2D eigenvalue weighted by Crippen LogP contribution is -2.69. The predicted octanol–water partition coefficient (Wildman–Crippen LogP) is 10.9.